The number of hydrogen-bond acceptors (Lipinski definition) is 2. The Hall–Kier alpha value is -2.43. The lowest BCUT2D eigenvalue weighted by Crippen LogP contribution is -2.07. The summed E-state index contributed by atoms with van der Waals surface area (Å²) >= 11 is 0. The molecule has 0 bridgehead atoms. The number of carboxylic acids is 1. The van der Waals surface area contributed by atoms with Gasteiger partial charge in [-0.05, 0) is 17.7 Å². The van der Waals surface area contributed by atoms with Crippen LogP contribution in [0.2, 0.25) is 0 Å². The van der Waals surface area contributed by atoms with Gasteiger partial charge in [-0.1, -0.05) is 30.3 Å². The SMILES string of the molecule is O=C(O)c1c(OCc2ccccc2)ccc(F)c1F. The molecule has 0 heterocycles. The van der Waals surface area contributed by atoms with Crippen molar-refractivity contribution in [1.82, 2.24) is 0 Å². The molecule has 0 saturated heterocycles. The van der Waals surface area contributed by atoms with Gasteiger partial charge >= 0.3 is 5.97 Å². The average molecular weight is 264 g/mol. The molecule has 0 spiro atoms. The first-order valence-corrected chi connectivity index (χ1v) is 5.47. The van der Waals surface area contributed by atoms with E-state index >= 15 is 0 Å². The first-order valence-electron chi connectivity index (χ1n) is 5.47. The summed E-state index contributed by atoms with van der Waals surface area (Å²) in [6.07, 6.45) is 0. The minimum absolute atomic E-state index is 0.0756. The summed E-state index contributed by atoms with van der Waals surface area (Å²) in [5.41, 5.74) is -0.000460. The van der Waals surface area contributed by atoms with Crippen LogP contribution >= 0.6 is 0 Å². The van der Waals surface area contributed by atoms with Crippen molar-refractivity contribution >= 4 is 5.97 Å². The highest BCUT2D eigenvalue weighted by Gasteiger charge is 2.20. The van der Waals surface area contributed by atoms with Crippen LogP contribution in [0.4, 0.5) is 8.78 Å². The number of halogens is 2. The lowest BCUT2D eigenvalue weighted by molar-refractivity contribution is 0.0685. The maximum Gasteiger partial charge on any atom is 0.342 e. The van der Waals surface area contributed by atoms with E-state index in [1.54, 1.807) is 24.3 Å². The van der Waals surface area contributed by atoms with Crippen LogP contribution < -0.4 is 4.74 Å². The highest BCUT2D eigenvalue weighted by atomic mass is 19.2. The molecular formula is C14H10F2O3. The third kappa shape index (κ3) is 2.88. The molecule has 0 aliphatic carbocycles. The molecule has 0 radical (unpaired) electrons. The number of ether oxygens (including phenoxy) is 1. The molecule has 5 heteroatoms. The van der Waals surface area contributed by atoms with Gasteiger partial charge in [0, 0.05) is 0 Å². The van der Waals surface area contributed by atoms with E-state index in [0.29, 0.717) is 0 Å². The zero-order chi connectivity index (χ0) is 13.8. The van der Waals surface area contributed by atoms with Gasteiger partial charge in [0.2, 0.25) is 0 Å². The maximum absolute atomic E-state index is 13.4. The lowest BCUT2D eigenvalue weighted by Gasteiger charge is -2.10. The molecule has 0 amide bonds. The van der Waals surface area contributed by atoms with Gasteiger partial charge in [-0.3, -0.25) is 0 Å². The third-order valence-corrected chi connectivity index (χ3v) is 2.51. The molecule has 98 valence electrons. The van der Waals surface area contributed by atoms with Crippen molar-refractivity contribution in [3.8, 4) is 5.75 Å². The van der Waals surface area contributed by atoms with Crippen molar-refractivity contribution in [2.75, 3.05) is 0 Å². The molecule has 2 aromatic rings. The van der Waals surface area contributed by atoms with E-state index in [0.717, 1.165) is 17.7 Å². The quantitative estimate of drug-likeness (QED) is 0.922. The normalized spacial score (nSPS) is 10.2. The van der Waals surface area contributed by atoms with Gasteiger partial charge in [0.15, 0.2) is 11.6 Å². The second kappa shape index (κ2) is 5.48. The molecular weight excluding hydrogens is 254 g/mol. The molecule has 0 fully saturated rings. The van der Waals surface area contributed by atoms with Crippen LogP contribution in [-0.4, -0.2) is 11.1 Å². The van der Waals surface area contributed by atoms with Crippen molar-refractivity contribution in [3.63, 3.8) is 0 Å². The summed E-state index contributed by atoms with van der Waals surface area (Å²) in [6, 6.07) is 10.9. The number of hydrogen-bond donors (Lipinski definition) is 1. The van der Waals surface area contributed by atoms with E-state index < -0.39 is 23.2 Å². The Kier molecular flexibility index (Phi) is 3.75. The number of carbonyl (C=O) groups is 1. The zero-order valence-electron chi connectivity index (χ0n) is 9.77. The average Bonchev–Trinajstić information content (AvgIpc) is 2.41. The molecule has 0 aliphatic heterocycles. The molecule has 0 saturated carbocycles. The summed E-state index contributed by atoms with van der Waals surface area (Å²) < 4.78 is 31.6. The first kappa shape index (κ1) is 13.0. The molecule has 0 aliphatic rings. The van der Waals surface area contributed by atoms with E-state index in [1.807, 2.05) is 6.07 Å². The van der Waals surface area contributed by atoms with Crippen molar-refractivity contribution in [2.24, 2.45) is 0 Å². The summed E-state index contributed by atoms with van der Waals surface area (Å²) in [6.45, 7) is 0.0756. The number of benzene rings is 2. The van der Waals surface area contributed by atoms with Crippen LogP contribution in [0, 0.1) is 11.6 Å². The molecule has 0 unspecified atom stereocenters. The van der Waals surface area contributed by atoms with Gasteiger partial charge < -0.3 is 9.84 Å². The number of rotatable bonds is 4. The molecule has 1 N–H and O–H groups in total. The van der Waals surface area contributed by atoms with Crippen molar-refractivity contribution in [2.45, 2.75) is 6.61 Å². The van der Waals surface area contributed by atoms with Crippen LogP contribution in [0.5, 0.6) is 5.75 Å². The Labute approximate surface area is 108 Å². The van der Waals surface area contributed by atoms with Crippen molar-refractivity contribution in [1.29, 1.82) is 0 Å². The standard InChI is InChI=1S/C14H10F2O3/c15-10-6-7-11(12(13(10)16)14(17)18)19-8-9-4-2-1-3-5-9/h1-7H,8H2,(H,17,18). The fourth-order valence-corrected chi connectivity index (χ4v) is 1.59. The molecule has 2 rings (SSSR count). The van der Waals surface area contributed by atoms with E-state index in [4.69, 9.17) is 9.84 Å². The van der Waals surface area contributed by atoms with E-state index in [2.05, 4.69) is 0 Å². The highest BCUT2D eigenvalue weighted by molar-refractivity contribution is 5.91. The van der Waals surface area contributed by atoms with E-state index in [-0.39, 0.29) is 12.4 Å². The largest absolute Gasteiger partial charge is 0.488 e. The second-order valence-corrected chi connectivity index (χ2v) is 3.81. The Morgan fingerprint density at radius 1 is 1.11 bits per heavy atom. The molecule has 3 nitrogen and oxygen atoms in total. The zero-order valence-corrected chi connectivity index (χ0v) is 9.77. The lowest BCUT2D eigenvalue weighted by atomic mass is 10.1. The van der Waals surface area contributed by atoms with Crippen LogP contribution in [0.1, 0.15) is 15.9 Å². The van der Waals surface area contributed by atoms with Crippen LogP contribution in [-0.2, 0) is 6.61 Å². The Balaban J connectivity index is 2.26. The van der Waals surface area contributed by atoms with Gasteiger partial charge in [-0.25, -0.2) is 13.6 Å². The fraction of sp³-hybridized carbons (Fsp3) is 0.0714. The maximum atomic E-state index is 13.4. The highest BCUT2D eigenvalue weighted by Crippen LogP contribution is 2.24. The predicted molar refractivity (Wildman–Crippen MR) is 64.1 cm³/mol. The summed E-state index contributed by atoms with van der Waals surface area (Å²) in [5.74, 6) is -4.40. The summed E-state index contributed by atoms with van der Waals surface area (Å²) in [4.78, 5) is 10.9. The van der Waals surface area contributed by atoms with Gasteiger partial charge in [0.05, 0.1) is 0 Å². The molecule has 0 atom stereocenters. The van der Waals surface area contributed by atoms with Gasteiger partial charge in [0.1, 0.15) is 17.9 Å². The van der Waals surface area contributed by atoms with Crippen LogP contribution in [0.25, 0.3) is 0 Å². The number of carboxylic acid groups (broad SMARTS) is 1. The molecule has 19 heavy (non-hydrogen) atoms. The van der Waals surface area contributed by atoms with Gasteiger partial charge in [-0.15, -0.1) is 0 Å². The van der Waals surface area contributed by atoms with Crippen LogP contribution in [0.3, 0.4) is 0 Å². The molecule has 0 aromatic heterocycles. The predicted octanol–water partition coefficient (Wildman–Crippen LogP) is 3.24. The first-order chi connectivity index (χ1) is 9.09. The topological polar surface area (TPSA) is 46.5 Å². The van der Waals surface area contributed by atoms with Crippen LogP contribution in [0.15, 0.2) is 42.5 Å². The molecule has 2 aromatic carbocycles. The smallest absolute Gasteiger partial charge is 0.342 e. The second-order valence-electron chi connectivity index (χ2n) is 3.81. The third-order valence-electron chi connectivity index (χ3n) is 2.51. The van der Waals surface area contributed by atoms with Crippen molar-refractivity contribution in [3.05, 3.63) is 65.2 Å². The summed E-state index contributed by atoms with van der Waals surface area (Å²) in [5, 5.41) is 8.88. The Bertz CT molecular complexity index is 597. The minimum atomic E-state index is -1.57. The van der Waals surface area contributed by atoms with E-state index in [9.17, 15) is 13.6 Å². The Morgan fingerprint density at radius 3 is 2.42 bits per heavy atom. The minimum Gasteiger partial charge on any atom is -0.488 e. The Morgan fingerprint density at radius 2 is 1.79 bits per heavy atom. The van der Waals surface area contributed by atoms with Gasteiger partial charge in [0.25, 0.3) is 0 Å². The number of aromatic carboxylic acids is 1. The fourth-order valence-electron chi connectivity index (χ4n) is 1.59. The summed E-state index contributed by atoms with van der Waals surface area (Å²) in [7, 11) is 0. The van der Waals surface area contributed by atoms with E-state index in [1.165, 1.54) is 0 Å². The van der Waals surface area contributed by atoms with Gasteiger partial charge in [-0.2, -0.15) is 0 Å². The monoisotopic (exact) mass is 264 g/mol. The van der Waals surface area contributed by atoms with Crippen molar-refractivity contribution < 1.29 is 23.4 Å².